The van der Waals surface area contributed by atoms with Crippen molar-refractivity contribution in [2.24, 2.45) is 0 Å². The van der Waals surface area contributed by atoms with Crippen LogP contribution < -0.4 is 0 Å². The summed E-state index contributed by atoms with van der Waals surface area (Å²) in [7, 11) is 0. The zero-order chi connectivity index (χ0) is 24.0. The Bertz CT molecular complexity index is 1960. The third-order valence-electron chi connectivity index (χ3n) is 7.82. The van der Waals surface area contributed by atoms with Gasteiger partial charge in [-0.1, -0.05) is 80.6 Å². The van der Waals surface area contributed by atoms with Gasteiger partial charge in [0.1, 0.15) is 0 Å². The molecule has 0 atom stereocenters. The Morgan fingerprint density at radius 3 is 2.19 bits per heavy atom. The standard InChI is InChI=1S/C32H24N4/c1-32(2)24-15-7-10-18-27(24)34-20-23-22-14-6-9-17-26(22)36(29(23)30(32)34)31-33-25-16-8-11-19-28(25)35(31)21-12-4-3-5-13-21/h3-20H,1-2H3. The Labute approximate surface area is 208 Å². The fraction of sp³-hybridized carbons (Fsp3) is 0.0938. The van der Waals surface area contributed by atoms with Gasteiger partial charge in [-0.05, 0) is 42.0 Å². The molecular formula is C32H24N4. The number of nitrogens with zero attached hydrogens (tertiary/aromatic N) is 4. The zero-order valence-electron chi connectivity index (χ0n) is 20.2. The first-order chi connectivity index (χ1) is 17.6. The van der Waals surface area contributed by atoms with Crippen LogP contribution in [0.15, 0.2) is 109 Å². The Hall–Kier alpha value is -4.57. The van der Waals surface area contributed by atoms with Gasteiger partial charge in [-0.3, -0.25) is 9.13 Å². The molecule has 0 saturated carbocycles. The van der Waals surface area contributed by atoms with Crippen LogP contribution in [0.2, 0.25) is 0 Å². The van der Waals surface area contributed by atoms with Crippen LogP contribution in [-0.2, 0) is 5.41 Å². The van der Waals surface area contributed by atoms with E-state index in [-0.39, 0.29) is 5.41 Å². The SMILES string of the molecule is CC1(C)c2ccccc2-n2cc3c4ccccc4n(-c4nc5ccccc5n4-c4ccccc4)c3c21. The van der Waals surface area contributed by atoms with E-state index >= 15 is 0 Å². The second-order valence-corrected chi connectivity index (χ2v) is 10.2. The lowest BCUT2D eigenvalue weighted by atomic mass is 9.83. The van der Waals surface area contributed by atoms with Crippen LogP contribution in [0.25, 0.3) is 50.2 Å². The number of rotatable bonds is 2. The lowest BCUT2D eigenvalue weighted by Crippen LogP contribution is -2.17. The van der Waals surface area contributed by atoms with E-state index in [1.807, 2.05) is 0 Å². The summed E-state index contributed by atoms with van der Waals surface area (Å²) in [6, 6.07) is 36.5. The average Bonchev–Trinajstić information content (AvgIpc) is 3.62. The number of hydrogen-bond acceptors (Lipinski definition) is 1. The van der Waals surface area contributed by atoms with Crippen molar-refractivity contribution in [3.05, 3.63) is 121 Å². The molecule has 4 aromatic carbocycles. The van der Waals surface area contributed by atoms with E-state index in [1.165, 1.54) is 38.8 Å². The minimum absolute atomic E-state index is 0.145. The number of benzene rings is 4. The highest BCUT2D eigenvalue weighted by atomic mass is 15.3. The second-order valence-electron chi connectivity index (χ2n) is 10.2. The predicted octanol–water partition coefficient (Wildman–Crippen LogP) is 7.55. The third kappa shape index (κ3) is 2.36. The molecule has 0 unspecified atom stereocenters. The zero-order valence-corrected chi connectivity index (χ0v) is 20.2. The molecule has 0 bridgehead atoms. The van der Waals surface area contributed by atoms with Crippen LogP contribution >= 0.6 is 0 Å². The number of fused-ring (bicyclic) bond motifs is 8. The highest BCUT2D eigenvalue weighted by Gasteiger charge is 2.40. The summed E-state index contributed by atoms with van der Waals surface area (Å²) in [6.07, 6.45) is 2.33. The van der Waals surface area contributed by atoms with E-state index in [1.54, 1.807) is 0 Å². The quantitative estimate of drug-likeness (QED) is 0.259. The number of aromatic nitrogens is 4. The molecule has 8 rings (SSSR count). The van der Waals surface area contributed by atoms with Crippen molar-refractivity contribution in [3.8, 4) is 17.3 Å². The molecule has 1 aliphatic heterocycles. The van der Waals surface area contributed by atoms with E-state index < -0.39 is 0 Å². The van der Waals surface area contributed by atoms with E-state index in [0.717, 1.165) is 22.7 Å². The molecule has 172 valence electrons. The molecule has 0 saturated heterocycles. The van der Waals surface area contributed by atoms with Crippen molar-refractivity contribution >= 4 is 32.8 Å². The minimum atomic E-state index is -0.145. The largest absolute Gasteiger partial charge is 0.317 e. The first kappa shape index (κ1) is 19.7. The monoisotopic (exact) mass is 464 g/mol. The number of imidazole rings is 1. The second kappa shape index (κ2) is 6.76. The van der Waals surface area contributed by atoms with Gasteiger partial charge in [0.25, 0.3) is 0 Å². The molecule has 0 fully saturated rings. The molecule has 0 N–H and O–H groups in total. The van der Waals surface area contributed by atoms with Gasteiger partial charge in [0.2, 0.25) is 5.95 Å². The normalized spacial score (nSPS) is 14.1. The van der Waals surface area contributed by atoms with Gasteiger partial charge in [-0.25, -0.2) is 4.98 Å². The minimum Gasteiger partial charge on any atom is -0.317 e. The lowest BCUT2D eigenvalue weighted by molar-refractivity contribution is 0.645. The van der Waals surface area contributed by atoms with Gasteiger partial charge in [0.15, 0.2) is 0 Å². The summed E-state index contributed by atoms with van der Waals surface area (Å²) < 4.78 is 7.08. The van der Waals surface area contributed by atoms with E-state index in [2.05, 4.69) is 137 Å². The molecule has 4 heteroatoms. The highest BCUT2D eigenvalue weighted by molar-refractivity contribution is 6.11. The van der Waals surface area contributed by atoms with Crippen molar-refractivity contribution in [1.82, 2.24) is 18.7 Å². The van der Waals surface area contributed by atoms with Gasteiger partial charge in [-0.15, -0.1) is 0 Å². The summed E-state index contributed by atoms with van der Waals surface area (Å²) >= 11 is 0. The number of para-hydroxylation sites is 5. The summed E-state index contributed by atoms with van der Waals surface area (Å²) in [4.78, 5) is 5.25. The molecule has 4 heterocycles. The van der Waals surface area contributed by atoms with Crippen LogP contribution in [0.3, 0.4) is 0 Å². The van der Waals surface area contributed by atoms with E-state index in [0.29, 0.717) is 0 Å². The van der Waals surface area contributed by atoms with Gasteiger partial charge >= 0.3 is 0 Å². The first-order valence-electron chi connectivity index (χ1n) is 12.4. The van der Waals surface area contributed by atoms with Crippen molar-refractivity contribution in [1.29, 1.82) is 0 Å². The van der Waals surface area contributed by atoms with E-state index in [9.17, 15) is 0 Å². The summed E-state index contributed by atoms with van der Waals surface area (Å²) in [5, 5.41) is 2.50. The van der Waals surface area contributed by atoms with Crippen LogP contribution in [0.1, 0.15) is 25.1 Å². The smallest absolute Gasteiger partial charge is 0.220 e. The van der Waals surface area contributed by atoms with Gasteiger partial charge in [-0.2, -0.15) is 0 Å². The van der Waals surface area contributed by atoms with Gasteiger partial charge in [0.05, 0.1) is 27.8 Å². The Kier molecular flexibility index (Phi) is 3.70. The highest BCUT2D eigenvalue weighted by Crippen LogP contribution is 2.49. The molecule has 0 aliphatic carbocycles. The fourth-order valence-electron chi connectivity index (χ4n) is 6.27. The van der Waals surface area contributed by atoms with Gasteiger partial charge < -0.3 is 4.57 Å². The van der Waals surface area contributed by atoms with E-state index in [4.69, 9.17) is 4.98 Å². The Balaban J connectivity index is 1.58. The first-order valence-corrected chi connectivity index (χ1v) is 12.4. The number of hydrogen-bond donors (Lipinski definition) is 0. The van der Waals surface area contributed by atoms with Gasteiger partial charge in [0, 0.05) is 33.8 Å². The van der Waals surface area contributed by atoms with Crippen molar-refractivity contribution in [2.45, 2.75) is 19.3 Å². The summed E-state index contributed by atoms with van der Waals surface area (Å²) in [5.74, 6) is 0.911. The molecule has 1 aliphatic rings. The maximum Gasteiger partial charge on any atom is 0.220 e. The third-order valence-corrected chi connectivity index (χ3v) is 7.82. The van der Waals surface area contributed by atoms with Crippen LogP contribution in [0.5, 0.6) is 0 Å². The fourth-order valence-corrected chi connectivity index (χ4v) is 6.27. The molecule has 7 aromatic rings. The van der Waals surface area contributed by atoms with Crippen LogP contribution in [0.4, 0.5) is 0 Å². The molecule has 4 nitrogen and oxygen atoms in total. The molecule has 0 spiro atoms. The topological polar surface area (TPSA) is 27.7 Å². The van der Waals surface area contributed by atoms with Crippen molar-refractivity contribution in [2.75, 3.05) is 0 Å². The molecule has 36 heavy (non-hydrogen) atoms. The maximum atomic E-state index is 5.25. The Morgan fingerprint density at radius 2 is 1.33 bits per heavy atom. The summed E-state index contributed by atoms with van der Waals surface area (Å²) in [5.41, 5.74) is 9.37. The predicted molar refractivity (Wildman–Crippen MR) is 147 cm³/mol. The molecule has 3 aromatic heterocycles. The van der Waals surface area contributed by atoms with Crippen LogP contribution in [0, 0.1) is 0 Å². The van der Waals surface area contributed by atoms with Crippen LogP contribution in [-0.4, -0.2) is 18.7 Å². The van der Waals surface area contributed by atoms with Crippen molar-refractivity contribution in [3.63, 3.8) is 0 Å². The van der Waals surface area contributed by atoms with Crippen molar-refractivity contribution < 1.29 is 0 Å². The summed E-state index contributed by atoms with van der Waals surface area (Å²) in [6.45, 7) is 4.68. The maximum absolute atomic E-state index is 5.25. The average molecular weight is 465 g/mol. The Morgan fingerprint density at radius 1 is 0.639 bits per heavy atom. The molecule has 0 amide bonds. The molecular weight excluding hydrogens is 440 g/mol. The lowest BCUT2D eigenvalue weighted by Gasteiger charge is -2.21. The molecule has 0 radical (unpaired) electrons.